The number of rotatable bonds is 3. The first kappa shape index (κ1) is 22.1. The molecule has 7 nitrogen and oxygen atoms in total. The number of aromatic nitrogens is 3. The lowest BCUT2D eigenvalue weighted by molar-refractivity contribution is 0.227. The van der Waals surface area contributed by atoms with Crippen molar-refractivity contribution in [2.75, 3.05) is 12.8 Å². The molecule has 5 rings (SSSR count). The largest absolute Gasteiger partial charge is 0.482 e. The van der Waals surface area contributed by atoms with E-state index in [1.807, 2.05) is 24.7 Å². The van der Waals surface area contributed by atoms with E-state index in [4.69, 9.17) is 21.3 Å². The van der Waals surface area contributed by atoms with E-state index in [0.29, 0.717) is 34.9 Å². The van der Waals surface area contributed by atoms with Gasteiger partial charge in [-0.15, -0.1) is 0 Å². The Labute approximate surface area is 198 Å². The zero-order valence-corrected chi connectivity index (χ0v) is 19.7. The minimum Gasteiger partial charge on any atom is -0.482 e. The lowest BCUT2D eigenvalue weighted by Crippen LogP contribution is -2.14. The molecule has 0 spiro atoms. The van der Waals surface area contributed by atoms with E-state index in [1.165, 1.54) is 25.0 Å². The average Bonchev–Trinajstić information content (AvgIpc) is 3.57. The van der Waals surface area contributed by atoms with Crippen molar-refractivity contribution in [3.05, 3.63) is 64.4 Å². The number of benzene rings is 1. The molecule has 2 bridgehead atoms. The van der Waals surface area contributed by atoms with Crippen LogP contribution in [0.2, 0.25) is 0 Å². The molecule has 1 atom stereocenters. The number of ether oxygens (including phenoxy) is 1. The quantitative estimate of drug-likeness (QED) is 0.570. The Kier molecular flexibility index (Phi) is 5.59. The first-order chi connectivity index (χ1) is 16.4. The summed E-state index contributed by atoms with van der Waals surface area (Å²) in [5.41, 5.74) is 19.6. The summed E-state index contributed by atoms with van der Waals surface area (Å²) in [6, 6.07) is 6.47. The summed E-state index contributed by atoms with van der Waals surface area (Å²) in [6.07, 6.45) is 6.91. The van der Waals surface area contributed by atoms with Gasteiger partial charge in [0.05, 0.1) is 11.4 Å². The second-order valence-electron chi connectivity index (χ2n) is 9.14. The number of aryl methyl sites for hydroxylation is 1. The monoisotopic (exact) mass is 460 g/mol. The number of hydrogen-bond acceptors (Lipinski definition) is 6. The zero-order valence-electron chi connectivity index (χ0n) is 19.7. The van der Waals surface area contributed by atoms with Crippen molar-refractivity contribution in [3.63, 3.8) is 0 Å². The van der Waals surface area contributed by atoms with Crippen molar-refractivity contribution >= 4 is 17.7 Å². The van der Waals surface area contributed by atoms with Gasteiger partial charge in [0, 0.05) is 60.9 Å². The summed E-state index contributed by atoms with van der Waals surface area (Å²) >= 11 is 0. The molecule has 0 unspecified atom stereocenters. The van der Waals surface area contributed by atoms with E-state index < -0.39 is 6.10 Å². The van der Waals surface area contributed by atoms with Crippen LogP contribution < -0.4 is 16.2 Å². The standard InChI is InChI=1S/C26H29FN6O/c1-14-20-11-18(27)6-7-19(20)25(28)17(12-30-2)9-22-24(16-10-23(34-14)26(29)31-13-16)21(32-33(22)3)8-15-4-5-15/h6-7,10-15H,4-5,8-9,28H2,1-3H3,(H2,29,31)/t14-/m1/s1. The molecule has 2 aromatic heterocycles. The van der Waals surface area contributed by atoms with Crippen LogP contribution in [0.5, 0.6) is 5.75 Å². The van der Waals surface area contributed by atoms with Crippen LogP contribution in [0.3, 0.4) is 0 Å². The van der Waals surface area contributed by atoms with Crippen molar-refractivity contribution in [2.45, 2.75) is 38.7 Å². The molecule has 1 aliphatic heterocycles. The Morgan fingerprint density at radius 1 is 1.26 bits per heavy atom. The van der Waals surface area contributed by atoms with Crippen LogP contribution in [0.1, 0.15) is 48.4 Å². The molecule has 8 heteroatoms. The van der Waals surface area contributed by atoms with Crippen LogP contribution in [0.4, 0.5) is 10.2 Å². The SMILES string of the molecule is CN=CC1=C(N)c2ccc(F)cc2[C@@H](C)Oc2cc(cnc2N)-c2c(CC3CC3)nn(C)c2C1. The predicted molar refractivity (Wildman–Crippen MR) is 132 cm³/mol. The van der Waals surface area contributed by atoms with Crippen LogP contribution in [0.25, 0.3) is 16.8 Å². The highest BCUT2D eigenvalue weighted by Crippen LogP contribution is 2.40. The molecule has 3 heterocycles. The third-order valence-electron chi connectivity index (χ3n) is 6.62. The molecule has 0 saturated heterocycles. The fraction of sp³-hybridized carbons (Fsp3) is 0.346. The topological polar surface area (TPSA) is 104 Å². The lowest BCUT2D eigenvalue weighted by atomic mass is 9.93. The van der Waals surface area contributed by atoms with Crippen LogP contribution in [0, 0.1) is 11.7 Å². The van der Waals surface area contributed by atoms with Gasteiger partial charge in [-0.25, -0.2) is 9.37 Å². The number of anilines is 1. The van der Waals surface area contributed by atoms with Crippen molar-refractivity contribution in [3.8, 4) is 16.9 Å². The van der Waals surface area contributed by atoms with Crippen LogP contribution >= 0.6 is 0 Å². The van der Waals surface area contributed by atoms with E-state index in [2.05, 4.69) is 9.98 Å². The third-order valence-corrected chi connectivity index (χ3v) is 6.62. The second kappa shape index (κ2) is 8.59. The molecule has 3 aromatic rings. The highest BCUT2D eigenvalue weighted by atomic mass is 19.1. The van der Waals surface area contributed by atoms with Gasteiger partial charge < -0.3 is 16.2 Å². The fourth-order valence-electron chi connectivity index (χ4n) is 4.67. The van der Waals surface area contributed by atoms with Gasteiger partial charge in [-0.2, -0.15) is 5.10 Å². The molecule has 2 aliphatic rings. The summed E-state index contributed by atoms with van der Waals surface area (Å²) in [5, 5.41) is 4.89. The van der Waals surface area contributed by atoms with Gasteiger partial charge in [0.1, 0.15) is 11.9 Å². The number of aliphatic imine (C=N–C) groups is 1. The minimum absolute atomic E-state index is 0.280. The van der Waals surface area contributed by atoms with Crippen molar-refractivity contribution in [1.82, 2.24) is 14.8 Å². The van der Waals surface area contributed by atoms with Crippen molar-refractivity contribution in [1.29, 1.82) is 0 Å². The maximum Gasteiger partial charge on any atom is 0.166 e. The first-order valence-corrected chi connectivity index (χ1v) is 11.5. The number of nitrogens with two attached hydrogens (primary N) is 2. The van der Waals surface area contributed by atoms with Crippen LogP contribution in [-0.4, -0.2) is 28.0 Å². The molecule has 0 radical (unpaired) electrons. The van der Waals surface area contributed by atoms with Gasteiger partial charge in [-0.1, -0.05) is 0 Å². The third kappa shape index (κ3) is 4.04. The number of pyridine rings is 1. The fourth-order valence-corrected chi connectivity index (χ4v) is 4.67. The van der Waals surface area contributed by atoms with Crippen LogP contribution in [0.15, 0.2) is 41.0 Å². The van der Waals surface area contributed by atoms with E-state index >= 15 is 0 Å². The summed E-state index contributed by atoms with van der Waals surface area (Å²) in [6.45, 7) is 1.85. The van der Waals surface area contributed by atoms with Crippen molar-refractivity contribution < 1.29 is 9.13 Å². The van der Waals surface area contributed by atoms with Gasteiger partial charge in [0.2, 0.25) is 0 Å². The number of nitrogens with zero attached hydrogens (tertiary/aromatic N) is 4. The summed E-state index contributed by atoms with van der Waals surface area (Å²) in [7, 11) is 3.66. The van der Waals surface area contributed by atoms with Crippen molar-refractivity contribution in [2.24, 2.45) is 23.7 Å². The number of allylic oxidation sites excluding steroid dienone is 1. The van der Waals surface area contributed by atoms with E-state index in [1.54, 1.807) is 25.5 Å². The smallest absolute Gasteiger partial charge is 0.166 e. The van der Waals surface area contributed by atoms with Gasteiger partial charge in [-0.3, -0.25) is 9.67 Å². The summed E-state index contributed by atoms with van der Waals surface area (Å²) < 4.78 is 22.4. The number of nitrogen functional groups attached to an aromatic ring is 1. The number of hydrogen-bond donors (Lipinski definition) is 2. The highest BCUT2D eigenvalue weighted by molar-refractivity contribution is 5.91. The van der Waals surface area contributed by atoms with E-state index in [9.17, 15) is 4.39 Å². The zero-order chi connectivity index (χ0) is 24.0. The Morgan fingerprint density at radius 2 is 2.06 bits per heavy atom. The maximum atomic E-state index is 14.3. The maximum absolute atomic E-state index is 14.3. The molecule has 1 aliphatic carbocycles. The van der Waals surface area contributed by atoms with Gasteiger partial charge in [0.15, 0.2) is 11.6 Å². The van der Waals surface area contributed by atoms with E-state index in [0.717, 1.165) is 34.5 Å². The summed E-state index contributed by atoms with van der Waals surface area (Å²) in [4.78, 5) is 8.69. The Balaban J connectivity index is 1.79. The van der Waals surface area contributed by atoms with Gasteiger partial charge in [-0.05, 0) is 61.9 Å². The molecule has 0 amide bonds. The molecule has 4 N–H and O–H groups in total. The Hall–Kier alpha value is -3.68. The van der Waals surface area contributed by atoms with E-state index in [-0.39, 0.29) is 11.6 Å². The number of halogens is 1. The second-order valence-corrected chi connectivity index (χ2v) is 9.14. The molecule has 1 saturated carbocycles. The molecular formula is C26H29FN6O. The normalized spacial score (nSPS) is 18.2. The molecule has 176 valence electrons. The molecule has 1 fully saturated rings. The Morgan fingerprint density at radius 3 is 2.79 bits per heavy atom. The number of fused-ring (bicyclic) bond motifs is 5. The van der Waals surface area contributed by atoms with Crippen LogP contribution in [-0.2, 0) is 19.9 Å². The Bertz CT molecular complexity index is 1320. The summed E-state index contributed by atoms with van der Waals surface area (Å²) in [5.74, 6) is 1.03. The predicted octanol–water partition coefficient (Wildman–Crippen LogP) is 4.22. The van der Waals surface area contributed by atoms with Gasteiger partial charge >= 0.3 is 0 Å². The molecule has 1 aromatic carbocycles. The highest BCUT2D eigenvalue weighted by Gasteiger charge is 2.28. The lowest BCUT2D eigenvalue weighted by Gasteiger charge is -2.22. The average molecular weight is 461 g/mol. The first-order valence-electron chi connectivity index (χ1n) is 11.5. The molecular weight excluding hydrogens is 431 g/mol. The van der Waals surface area contributed by atoms with Gasteiger partial charge in [0.25, 0.3) is 0 Å². The minimum atomic E-state index is -0.512. The molecule has 34 heavy (non-hydrogen) atoms.